The van der Waals surface area contributed by atoms with Crippen LogP contribution in [-0.4, -0.2) is 67.9 Å². The topological polar surface area (TPSA) is 78.7 Å². The van der Waals surface area contributed by atoms with E-state index in [0.29, 0.717) is 5.91 Å². The van der Waals surface area contributed by atoms with E-state index in [9.17, 15) is 18.0 Å². The lowest BCUT2D eigenvalue weighted by molar-refractivity contribution is -0.192. The van der Waals surface area contributed by atoms with Crippen LogP contribution in [0.4, 0.5) is 13.2 Å². The maximum atomic E-state index is 12.7. The number of rotatable bonds is 5. The molecule has 1 aliphatic carbocycles. The lowest BCUT2D eigenvalue weighted by Gasteiger charge is -2.41. The van der Waals surface area contributed by atoms with Gasteiger partial charge in [0.15, 0.2) is 0 Å². The first kappa shape index (κ1) is 26.5. The van der Waals surface area contributed by atoms with E-state index in [4.69, 9.17) is 9.90 Å². The summed E-state index contributed by atoms with van der Waals surface area (Å²) in [6.45, 7) is 7.33. The van der Waals surface area contributed by atoms with Crippen LogP contribution in [0.1, 0.15) is 76.7 Å². The third-order valence-corrected chi connectivity index (χ3v) is 7.51. The quantitative estimate of drug-likeness (QED) is 0.665. The molecule has 0 aromatic carbocycles. The summed E-state index contributed by atoms with van der Waals surface area (Å²) >= 11 is 0. The van der Waals surface area contributed by atoms with E-state index in [1.807, 2.05) is 10.9 Å². The number of carboxylic acids is 1. The average molecular weight is 487 g/mol. The van der Waals surface area contributed by atoms with E-state index in [2.05, 4.69) is 28.0 Å². The fourth-order valence-corrected chi connectivity index (χ4v) is 5.63. The number of hydrogen-bond acceptors (Lipinski definition) is 4. The molecule has 1 unspecified atom stereocenters. The fourth-order valence-electron chi connectivity index (χ4n) is 5.63. The van der Waals surface area contributed by atoms with Crippen LogP contribution in [0.2, 0.25) is 0 Å². The predicted octanol–water partition coefficient (Wildman–Crippen LogP) is 4.46. The molecule has 4 rings (SSSR count). The number of aryl methyl sites for hydroxylation is 1. The summed E-state index contributed by atoms with van der Waals surface area (Å²) in [7, 11) is 0. The molecule has 192 valence electrons. The number of hydrogen-bond donors (Lipinski definition) is 1. The van der Waals surface area contributed by atoms with Crippen LogP contribution < -0.4 is 0 Å². The number of aliphatic carboxylic acids is 1. The summed E-state index contributed by atoms with van der Waals surface area (Å²) in [4.78, 5) is 26.6. The Kier molecular flexibility index (Phi) is 9.01. The molecule has 7 nitrogen and oxygen atoms in total. The lowest BCUT2D eigenvalue weighted by atomic mass is 9.84. The summed E-state index contributed by atoms with van der Waals surface area (Å²) in [5, 5.41) is 11.5. The molecule has 3 fully saturated rings. The van der Waals surface area contributed by atoms with Crippen molar-refractivity contribution in [2.75, 3.05) is 19.6 Å². The molecule has 2 aliphatic heterocycles. The largest absolute Gasteiger partial charge is 0.490 e. The van der Waals surface area contributed by atoms with Gasteiger partial charge in [0, 0.05) is 49.9 Å². The van der Waals surface area contributed by atoms with Gasteiger partial charge in [-0.3, -0.25) is 14.4 Å². The Hall–Kier alpha value is -2.10. The van der Waals surface area contributed by atoms with Crippen molar-refractivity contribution in [1.29, 1.82) is 0 Å². The Morgan fingerprint density at radius 1 is 1.15 bits per heavy atom. The maximum absolute atomic E-state index is 12.7. The fraction of sp³-hybridized carbons (Fsp3) is 0.792. The van der Waals surface area contributed by atoms with Crippen LogP contribution in [0.5, 0.6) is 0 Å². The van der Waals surface area contributed by atoms with Crippen molar-refractivity contribution in [3.05, 3.63) is 18.0 Å². The number of likely N-dealkylation sites (tertiary alicyclic amines) is 2. The number of carbonyl (C=O) groups is 2. The van der Waals surface area contributed by atoms with Gasteiger partial charge in [-0.05, 0) is 57.9 Å². The van der Waals surface area contributed by atoms with Gasteiger partial charge in [-0.2, -0.15) is 18.3 Å². The highest BCUT2D eigenvalue weighted by atomic mass is 19.4. The molecule has 3 aliphatic rings. The molecule has 0 bridgehead atoms. The van der Waals surface area contributed by atoms with Gasteiger partial charge in [0.1, 0.15) is 0 Å². The van der Waals surface area contributed by atoms with Crippen molar-refractivity contribution < 1.29 is 27.9 Å². The van der Waals surface area contributed by atoms with Crippen molar-refractivity contribution in [2.45, 2.75) is 95.9 Å². The molecule has 34 heavy (non-hydrogen) atoms. The minimum Gasteiger partial charge on any atom is -0.475 e. The molecule has 1 saturated carbocycles. The highest BCUT2D eigenvalue weighted by molar-refractivity contribution is 5.79. The molecule has 1 amide bonds. The van der Waals surface area contributed by atoms with Gasteiger partial charge in [-0.25, -0.2) is 4.79 Å². The van der Waals surface area contributed by atoms with Crippen LogP contribution in [0.25, 0.3) is 0 Å². The number of carboxylic acid groups (broad SMARTS) is 1. The van der Waals surface area contributed by atoms with E-state index in [0.717, 1.165) is 57.9 Å². The minimum atomic E-state index is -5.08. The molecular weight excluding hydrogens is 449 g/mol. The summed E-state index contributed by atoms with van der Waals surface area (Å²) in [5.41, 5.74) is 1.46. The highest BCUT2D eigenvalue weighted by Crippen LogP contribution is 2.41. The number of carbonyl (C=O) groups excluding carboxylic acids is 1. The predicted molar refractivity (Wildman–Crippen MR) is 121 cm³/mol. The van der Waals surface area contributed by atoms with Crippen LogP contribution >= 0.6 is 0 Å². The van der Waals surface area contributed by atoms with Gasteiger partial charge < -0.3 is 10.0 Å². The zero-order valence-corrected chi connectivity index (χ0v) is 20.0. The van der Waals surface area contributed by atoms with Gasteiger partial charge in [0.2, 0.25) is 5.91 Å². The Morgan fingerprint density at radius 3 is 2.47 bits per heavy atom. The molecule has 1 atom stereocenters. The molecule has 2 saturated heterocycles. The van der Waals surface area contributed by atoms with Crippen molar-refractivity contribution in [2.24, 2.45) is 5.92 Å². The number of alkyl halides is 3. The van der Waals surface area contributed by atoms with Gasteiger partial charge in [0.25, 0.3) is 0 Å². The van der Waals surface area contributed by atoms with Crippen molar-refractivity contribution in [3.8, 4) is 0 Å². The van der Waals surface area contributed by atoms with Crippen LogP contribution in [0.3, 0.4) is 0 Å². The van der Waals surface area contributed by atoms with E-state index < -0.39 is 12.1 Å². The van der Waals surface area contributed by atoms with Crippen LogP contribution in [0, 0.1) is 5.92 Å². The molecule has 1 aromatic rings. The Morgan fingerprint density at radius 2 is 1.85 bits per heavy atom. The van der Waals surface area contributed by atoms with Gasteiger partial charge in [0.05, 0.1) is 6.20 Å². The Balaban J connectivity index is 0.000000406. The van der Waals surface area contributed by atoms with Crippen LogP contribution in [0.15, 0.2) is 12.4 Å². The SMILES string of the molecule is CCn1cc(CN2CCCC3(CCC(=O)N3CC3CCCCC3)CC2)cn1.O=C(O)C(F)(F)F. The van der Waals surface area contributed by atoms with E-state index in [1.54, 1.807) is 0 Å². The average Bonchev–Trinajstić information content (AvgIpc) is 3.30. The summed E-state index contributed by atoms with van der Waals surface area (Å²) in [5.74, 6) is -1.58. The molecular formula is C24H37F3N4O3. The second-order valence-electron chi connectivity index (χ2n) is 9.87. The molecule has 10 heteroatoms. The third kappa shape index (κ3) is 6.96. The molecule has 1 spiro atoms. The second-order valence-corrected chi connectivity index (χ2v) is 9.87. The normalized spacial score (nSPS) is 24.7. The number of nitrogens with zero attached hydrogens (tertiary/aromatic N) is 4. The minimum absolute atomic E-state index is 0.150. The van der Waals surface area contributed by atoms with Crippen LogP contribution in [-0.2, 0) is 22.7 Å². The van der Waals surface area contributed by atoms with E-state index in [-0.39, 0.29) is 5.54 Å². The van der Waals surface area contributed by atoms with Gasteiger partial charge in [-0.1, -0.05) is 19.3 Å². The molecule has 0 radical (unpaired) electrons. The molecule has 1 aromatic heterocycles. The lowest BCUT2D eigenvalue weighted by Crippen LogP contribution is -2.48. The third-order valence-electron chi connectivity index (χ3n) is 7.51. The molecule has 3 heterocycles. The summed E-state index contributed by atoms with van der Waals surface area (Å²) < 4.78 is 33.7. The Bertz CT molecular complexity index is 823. The molecule has 1 N–H and O–H groups in total. The van der Waals surface area contributed by atoms with Crippen molar-refractivity contribution in [1.82, 2.24) is 19.6 Å². The number of aromatic nitrogens is 2. The van der Waals surface area contributed by atoms with Crippen molar-refractivity contribution in [3.63, 3.8) is 0 Å². The first-order valence-corrected chi connectivity index (χ1v) is 12.5. The first-order chi connectivity index (χ1) is 16.1. The van der Waals surface area contributed by atoms with E-state index in [1.165, 1.54) is 50.5 Å². The van der Waals surface area contributed by atoms with Gasteiger partial charge >= 0.3 is 12.1 Å². The van der Waals surface area contributed by atoms with Crippen molar-refractivity contribution >= 4 is 11.9 Å². The van der Waals surface area contributed by atoms with E-state index >= 15 is 0 Å². The smallest absolute Gasteiger partial charge is 0.475 e. The Labute approximate surface area is 199 Å². The van der Waals surface area contributed by atoms with Gasteiger partial charge in [-0.15, -0.1) is 0 Å². The second kappa shape index (κ2) is 11.6. The number of halogens is 3. The zero-order chi connectivity index (χ0) is 24.8. The summed E-state index contributed by atoms with van der Waals surface area (Å²) in [6.07, 6.45) is 11.3. The monoisotopic (exact) mass is 486 g/mol. The zero-order valence-electron chi connectivity index (χ0n) is 20.0. The number of amides is 1. The maximum Gasteiger partial charge on any atom is 0.490 e. The highest BCUT2D eigenvalue weighted by Gasteiger charge is 2.46. The first-order valence-electron chi connectivity index (χ1n) is 12.5. The standard InChI is InChI=1S/C22H36N4O.C2HF3O2/c1-2-25-17-20(15-23-25)16-24-13-6-10-22(12-14-24)11-9-21(27)26(22)18-19-7-4-3-5-8-19;3-2(4,5)1(6)7/h15,17,19H,2-14,16,18H2,1H3;(H,6,7). The summed E-state index contributed by atoms with van der Waals surface area (Å²) in [6, 6.07) is 0.